The quantitative estimate of drug-likeness (QED) is 0.884. The Morgan fingerprint density at radius 3 is 2.52 bits per heavy atom. The summed E-state index contributed by atoms with van der Waals surface area (Å²) in [7, 11) is 0. The van der Waals surface area contributed by atoms with Crippen molar-refractivity contribution in [2.24, 2.45) is 10.8 Å². The molecule has 138 valence electrons. The highest BCUT2D eigenvalue weighted by Gasteiger charge is 2.50. The molecule has 1 aliphatic carbocycles. The molecule has 0 spiro atoms. The van der Waals surface area contributed by atoms with Crippen molar-refractivity contribution in [1.29, 1.82) is 0 Å². The van der Waals surface area contributed by atoms with Crippen molar-refractivity contribution in [2.45, 2.75) is 78.3 Å². The summed E-state index contributed by atoms with van der Waals surface area (Å²) in [6.45, 7) is 11.7. The second-order valence-electron chi connectivity index (χ2n) is 9.81. The predicted molar refractivity (Wildman–Crippen MR) is 104 cm³/mol. The maximum absolute atomic E-state index is 6.64. The molecule has 25 heavy (non-hydrogen) atoms. The van der Waals surface area contributed by atoms with Crippen LogP contribution >= 0.6 is 0 Å². The van der Waals surface area contributed by atoms with Crippen molar-refractivity contribution in [3.8, 4) is 0 Å². The molecule has 0 radical (unpaired) electrons. The van der Waals surface area contributed by atoms with Gasteiger partial charge in [-0.2, -0.15) is 0 Å². The van der Waals surface area contributed by atoms with Crippen LogP contribution < -0.4 is 15.5 Å². The third-order valence-electron chi connectivity index (χ3n) is 6.60. The first-order chi connectivity index (χ1) is 11.8. The molecule has 2 saturated heterocycles. The van der Waals surface area contributed by atoms with Crippen LogP contribution in [-0.2, 0) is 0 Å². The molecule has 4 rings (SSSR count). The van der Waals surface area contributed by atoms with Crippen LogP contribution in [0.1, 0.15) is 66.2 Å². The molecule has 3 aliphatic rings. The minimum Gasteiger partial charge on any atom is -0.393 e. The number of anilines is 3. The Morgan fingerprint density at radius 2 is 1.80 bits per heavy atom. The zero-order chi connectivity index (χ0) is 17.8. The second kappa shape index (κ2) is 5.75. The predicted octanol–water partition coefficient (Wildman–Crippen LogP) is 3.84. The molecule has 3 atom stereocenters. The maximum atomic E-state index is 6.64. The van der Waals surface area contributed by atoms with Gasteiger partial charge in [0.2, 0.25) is 0 Å². The number of nitrogens with zero attached hydrogens (tertiary/aromatic N) is 4. The van der Waals surface area contributed by atoms with E-state index in [-0.39, 0.29) is 0 Å². The van der Waals surface area contributed by atoms with Gasteiger partial charge in [0.15, 0.2) is 11.6 Å². The van der Waals surface area contributed by atoms with Gasteiger partial charge in [0.1, 0.15) is 12.0 Å². The Bertz CT molecular complexity index is 657. The average molecular weight is 344 g/mol. The lowest BCUT2D eigenvalue weighted by atomic mass is 9.65. The molecule has 1 aromatic rings. The van der Waals surface area contributed by atoms with Crippen LogP contribution in [0.25, 0.3) is 0 Å². The summed E-state index contributed by atoms with van der Waals surface area (Å²) in [5, 5.41) is 0. The van der Waals surface area contributed by atoms with Crippen LogP contribution in [0, 0.1) is 10.8 Å². The van der Waals surface area contributed by atoms with Gasteiger partial charge in [0.25, 0.3) is 0 Å². The van der Waals surface area contributed by atoms with Crippen molar-refractivity contribution in [3.05, 3.63) is 6.33 Å². The summed E-state index contributed by atoms with van der Waals surface area (Å²) < 4.78 is 0. The minimum atomic E-state index is 0.377. The van der Waals surface area contributed by atoms with E-state index in [0.29, 0.717) is 22.9 Å². The summed E-state index contributed by atoms with van der Waals surface area (Å²) in [6.07, 6.45) is 9.24. The van der Waals surface area contributed by atoms with Gasteiger partial charge >= 0.3 is 0 Å². The molecule has 5 heteroatoms. The van der Waals surface area contributed by atoms with E-state index in [1.54, 1.807) is 6.33 Å². The topological polar surface area (TPSA) is 58.3 Å². The lowest BCUT2D eigenvalue weighted by Gasteiger charge is -2.39. The highest BCUT2D eigenvalue weighted by molar-refractivity contribution is 5.76. The number of fused-ring (bicyclic) bond motifs is 2. The number of nitrogens with two attached hydrogens (primary N) is 1. The molecule has 2 N–H and O–H groups in total. The van der Waals surface area contributed by atoms with Gasteiger partial charge in [-0.25, -0.2) is 9.97 Å². The lowest BCUT2D eigenvalue weighted by molar-refractivity contribution is 0.136. The fourth-order valence-electron chi connectivity index (χ4n) is 5.96. The van der Waals surface area contributed by atoms with E-state index in [4.69, 9.17) is 5.73 Å². The van der Waals surface area contributed by atoms with Crippen LogP contribution in [0.4, 0.5) is 17.3 Å². The van der Waals surface area contributed by atoms with E-state index >= 15 is 0 Å². The first-order valence-corrected chi connectivity index (χ1v) is 9.92. The summed E-state index contributed by atoms with van der Waals surface area (Å²) in [5.41, 5.74) is 8.20. The molecule has 2 aliphatic heterocycles. The molecular weight excluding hydrogens is 310 g/mol. The Balaban J connectivity index is 1.67. The molecule has 0 aromatic carbocycles. The molecule has 3 heterocycles. The molecule has 1 aromatic heterocycles. The summed E-state index contributed by atoms with van der Waals surface area (Å²) in [4.78, 5) is 14.1. The number of hydrogen-bond donors (Lipinski definition) is 1. The second-order valence-corrected chi connectivity index (χ2v) is 9.81. The third-order valence-corrected chi connectivity index (χ3v) is 6.60. The van der Waals surface area contributed by atoms with Crippen LogP contribution in [0.15, 0.2) is 6.33 Å². The Hall–Kier alpha value is -1.52. The van der Waals surface area contributed by atoms with Gasteiger partial charge in [-0.3, -0.25) is 0 Å². The van der Waals surface area contributed by atoms with Crippen LogP contribution in [0.2, 0.25) is 0 Å². The summed E-state index contributed by atoms with van der Waals surface area (Å²) >= 11 is 0. The van der Waals surface area contributed by atoms with Gasteiger partial charge in [0, 0.05) is 25.2 Å². The van der Waals surface area contributed by atoms with Crippen molar-refractivity contribution < 1.29 is 0 Å². The molecule has 2 bridgehead atoms. The summed E-state index contributed by atoms with van der Waals surface area (Å²) in [6, 6.07) is 1.06. The van der Waals surface area contributed by atoms with E-state index in [9.17, 15) is 0 Å². The van der Waals surface area contributed by atoms with Gasteiger partial charge in [-0.1, -0.05) is 20.8 Å². The van der Waals surface area contributed by atoms with E-state index < -0.39 is 0 Å². The largest absolute Gasteiger partial charge is 0.393 e. The normalized spacial score (nSPS) is 34.4. The number of aromatic nitrogens is 2. The molecule has 1 saturated carbocycles. The van der Waals surface area contributed by atoms with Crippen molar-refractivity contribution >= 4 is 17.3 Å². The minimum absolute atomic E-state index is 0.377. The van der Waals surface area contributed by atoms with Gasteiger partial charge in [-0.05, 0) is 56.3 Å². The van der Waals surface area contributed by atoms with E-state index in [1.807, 2.05) is 0 Å². The highest BCUT2D eigenvalue weighted by Crippen LogP contribution is 2.54. The van der Waals surface area contributed by atoms with Crippen LogP contribution in [-0.4, -0.2) is 35.1 Å². The third kappa shape index (κ3) is 2.96. The lowest BCUT2D eigenvalue weighted by Crippen LogP contribution is -2.39. The van der Waals surface area contributed by atoms with Crippen molar-refractivity contribution in [2.75, 3.05) is 28.6 Å². The maximum Gasteiger partial charge on any atom is 0.157 e. The fourth-order valence-corrected chi connectivity index (χ4v) is 5.96. The zero-order valence-corrected chi connectivity index (χ0v) is 16.3. The monoisotopic (exact) mass is 343 g/mol. The van der Waals surface area contributed by atoms with Crippen LogP contribution in [0.5, 0.6) is 0 Å². The number of piperidine rings is 1. The van der Waals surface area contributed by atoms with Gasteiger partial charge in [-0.15, -0.1) is 0 Å². The van der Waals surface area contributed by atoms with Crippen molar-refractivity contribution in [1.82, 2.24) is 9.97 Å². The van der Waals surface area contributed by atoms with E-state index in [2.05, 4.69) is 47.5 Å². The first-order valence-electron chi connectivity index (χ1n) is 9.92. The number of rotatable bonds is 2. The first kappa shape index (κ1) is 16.9. The average Bonchev–Trinajstić information content (AvgIpc) is 2.77. The zero-order valence-electron chi connectivity index (χ0n) is 16.3. The van der Waals surface area contributed by atoms with Crippen molar-refractivity contribution in [3.63, 3.8) is 0 Å². The number of nitrogen functional groups attached to an aromatic ring is 1. The fraction of sp³-hybridized carbons (Fsp3) is 0.800. The highest BCUT2D eigenvalue weighted by atomic mass is 15.3. The Labute approximate surface area is 152 Å². The van der Waals surface area contributed by atoms with Gasteiger partial charge < -0.3 is 15.5 Å². The van der Waals surface area contributed by atoms with E-state index in [0.717, 1.165) is 30.4 Å². The molecule has 0 amide bonds. The van der Waals surface area contributed by atoms with Crippen LogP contribution in [0.3, 0.4) is 0 Å². The molecule has 3 fully saturated rings. The molecule has 5 nitrogen and oxygen atoms in total. The SMILES string of the molecule is CC1CCCCN1c1ncnc(N2CC3(C)CC2CC(C)(C)C3)c1N. The Kier molecular flexibility index (Phi) is 3.89. The standard InChI is InChI=1S/C20H33N5/c1-14-7-5-6-8-24(14)17-16(21)18(23-13-22-17)25-12-20(4)10-15(25)9-19(2,3)11-20/h13-15H,5-12,21H2,1-4H3. The smallest absolute Gasteiger partial charge is 0.157 e. The van der Waals surface area contributed by atoms with E-state index in [1.165, 1.54) is 38.5 Å². The molecule has 3 unspecified atom stereocenters. The number of hydrogen-bond acceptors (Lipinski definition) is 5. The van der Waals surface area contributed by atoms with Gasteiger partial charge in [0.05, 0.1) is 0 Å². The molecular formula is C20H33N5. The summed E-state index contributed by atoms with van der Waals surface area (Å²) in [5.74, 6) is 1.91. The Morgan fingerprint density at radius 1 is 1.08 bits per heavy atom.